The number of nitrogens with one attached hydrogen (secondary N) is 1. The molecule has 0 radical (unpaired) electrons. The number of aliphatic hydroxyl groups excluding tert-OH is 5. The van der Waals surface area contributed by atoms with E-state index in [9.17, 15) is 35.1 Å². The van der Waals surface area contributed by atoms with Gasteiger partial charge in [0.25, 0.3) is 0 Å². The molecule has 0 saturated carbocycles. The highest BCUT2D eigenvalue weighted by Crippen LogP contribution is 2.35. The lowest BCUT2D eigenvalue weighted by Gasteiger charge is -2.46. The predicted molar refractivity (Wildman–Crippen MR) is 96.5 cm³/mol. The molecule has 1 heterocycles. The molecule has 1 rings (SSSR count). The molecule has 1 aliphatic heterocycles. The van der Waals surface area contributed by atoms with Gasteiger partial charge in [-0.1, -0.05) is 0 Å². The van der Waals surface area contributed by atoms with Crippen LogP contribution >= 0.6 is 0 Å². The van der Waals surface area contributed by atoms with Crippen LogP contribution in [0.1, 0.15) is 19.8 Å². The fourth-order valence-electron chi connectivity index (χ4n) is 2.74. The van der Waals surface area contributed by atoms with E-state index in [1.54, 1.807) is 0 Å². The molecular weight excluding hydrogens is 392 g/mol. The van der Waals surface area contributed by atoms with Gasteiger partial charge in [-0.15, -0.1) is 0 Å². The van der Waals surface area contributed by atoms with Crippen LogP contribution in [-0.4, -0.2) is 118 Å². The van der Waals surface area contributed by atoms with Crippen molar-refractivity contribution in [1.29, 1.82) is 0 Å². The summed E-state index contributed by atoms with van der Waals surface area (Å²) in [5.74, 6) is -6.61. The Labute approximate surface area is 169 Å². The number of quaternary nitrogens is 1. The topological polar surface area (TPSA) is 200 Å². The molecule has 0 bridgehead atoms. The molecule has 1 aliphatic rings. The number of aliphatic hydroxyl groups is 6. The second-order valence-electron chi connectivity index (χ2n) is 8.03. The molecule has 0 aliphatic carbocycles. The smallest absolute Gasteiger partial charge is 0.218 e. The van der Waals surface area contributed by atoms with Crippen molar-refractivity contribution in [3.8, 4) is 0 Å². The number of ether oxygens (including phenoxy) is 1. The van der Waals surface area contributed by atoms with E-state index in [0.717, 1.165) is 18.0 Å². The third kappa shape index (κ3) is 9.78. The maximum Gasteiger partial charge on any atom is 0.218 e. The number of carbonyl (C=O) groups excluding carboxylic acids is 2. The molecule has 12 heteroatoms. The standard InChI is InChI=1S/C12H21NO9.C5H14NO/c1-5(15)13-10(18)9-7(17)3-12(21,11(19)20)22-8(9)2-6(16)4-14;1-6(2,3)4-5-7/h6-10,14,16-18,21H,2-4H2,1H3,(H,13,15)(H,19,20);7H,4-5H2,1-3H3/q;+1/p-1/t6-,7-,8-,9-,10-,12-;/m0./s1. The largest absolute Gasteiger partial charge is 0.544 e. The van der Waals surface area contributed by atoms with E-state index in [0.29, 0.717) is 0 Å². The van der Waals surface area contributed by atoms with Crippen molar-refractivity contribution in [3.63, 3.8) is 0 Å². The number of hydrogen-bond acceptors (Lipinski definition) is 10. The molecule has 12 nitrogen and oxygen atoms in total. The number of hydrogen-bond donors (Lipinski definition) is 7. The lowest BCUT2D eigenvalue weighted by atomic mass is 9.83. The summed E-state index contributed by atoms with van der Waals surface area (Å²) in [6.45, 7) is 1.56. The molecule has 0 aromatic rings. The maximum absolute atomic E-state index is 11.0. The molecular formula is C17H34N2O10. The van der Waals surface area contributed by atoms with E-state index >= 15 is 0 Å². The molecule has 7 N–H and O–H groups in total. The summed E-state index contributed by atoms with van der Waals surface area (Å²) in [4.78, 5) is 21.9. The van der Waals surface area contributed by atoms with E-state index in [-0.39, 0.29) is 13.0 Å². The molecule has 6 atom stereocenters. The van der Waals surface area contributed by atoms with Crippen molar-refractivity contribution in [2.24, 2.45) is 5.92 Å². The predicted octanol–water partition coefficient (Wildman–Crippen LogP) is -4.93. The average molecular weight is 426 g/mol. The van der Waals surface area contributed by atoms with Crippen LogP contribution in [0.5, 0.6) is 0 Å². The lowest BCUT2D eigenvalue weighted by molar-refractivity contribution is -0.870. The Kier molecular flexibility index (Phi) is 11.2. The van der Waals surface area contributed by atoms with Gasteiger partial charge in [-0.25, -0.2) is 0 Å². The third-order valence-electron chi connectivity index (χ3n) is 4.23. The molecule has 0 aromatic heterocycles. The van der Waals surface area contributed by atoms with Gasteiger partial charge in [-0.05, 0) is 0 Å². The molecule has 0 aromatic carbocycles. The van der Waals surface area contributed by atoms with Crippen molar-refractivity contribution in [2.75, 3.05) is 40.9 Å². The first-order valence-electron chi connectivity index (χ1n) is 9.12. The number of amides is 1. The number of carbonyl (C=O) groups is 2. The van der Waals surface area contributed by atoms with Gasteiger partial charge >= 0.3 is 0 Å². The summed E-state index contributed by atoms with van der Waals surface area (Å²) in [7, 11) is 6.16. The fourth-order valence-corrected chi connectivity index (χ4v) is 2.74. The molecule has 1 fully saturated rings. The first-order valence-corrected chi connectivity index (χ1v) is 9.12. The van der Waals surface area contributed by atoms with E-state index in [1.165, 1.54) is 0 Å². The molecule has 1 amide bonds. The maximum atomic E-state index is 11.0. The van der Waals surface area contributed by atoms with Gasteiger partial charge in [-0.3, -0.25) is 4.79 Å². The average Bonchev–Trinajstić information content (AvgIpc) is 2.52. The van der Waals surface area contributed by atoms with Crippen LogP contribution in [0.2, 0.25) is 0 Å². The van der Waals surface area contributed by atoms with Gasteiger partial charge in [0, 0.05) is 19.8 Å². The Morgan fingerprint density at radius 3 is 2.17 bits per heavy atom. The highest BCUT2D eigenvalue weighted by atomic mass is 16.7. The van der Waals surface area contributed by atoms with Crippen LogP contribution in [0.25, 0.3) is 0 Å². The molecule has 172 valence electrons. The Morgan fingerprint density at radius 2 is 1.83 bits per heavy atom. The monoisotopic (exact) mass is 426 g/mol. The molecule has 0 spiro atoms. The van der Waals surface area contributed by atoms with Crippen LogP contribution in [-0.2, 0) is 14.3 Å². The van der Waals surface area contributed by atoms with Crippen molar-refractivity contribution in [2.45, 2.75) is 50.1 Å². The van der Waals surface area contributed by atoms with Gasteiger partial charge < -0.3 is 55.1 Å². The minimum Gasteiger partial charge on any atom is -0.544 e. The van der Waals surface area contributed by atoms with Crippen molar-refractivity contribution in [1.82, 2.24) is 5.32 Å². The quantitative estimate of drug-likeness (QED) is 0.146. The highest BCUT2D eigenvalue weighted by Gasteiger charge is 2.49. The summed E-state index contributed by atoms with van der Waals surface area (Å²) >= 11 is 0. The van der Waals surface area contributed by atoms with E-state index in [2.05, 4.69) is 26.5 Å². The second kappa shape index (κ2) is 11.7. The third-order valence-corrected chi connectivity index (χ3v) is 4.23. The first kappa shape index (κ1) is 27.6. The summed E-state index contributed by atoms with van der Waals surface area (Å²) in [5.41, 5.74) is 0. The number of rotatable bonds is 8. The molecule has 0 unspecified atom stereocenters. The van der Waals surface area contributed by atoms with E-state index in [4.69, 9.17) is 14.9 Å². The first-order chi connectivity index (χ1) is 13.2. The Hall–Kier alpha value is -1.38. The highest BCUT2D eigenvalue weighted by molar-refractivity contribution is 5.73. The normalized spacial score (nSPS) is 29.2. The summed E-state index contributed by atoms with van der Waals surface area (Å²) in [5, 5.41) is 69.5. The Bertz CT molecular complexity index is 527. The van der Waals surface area contributed by atoms with Gasteiger partial charge in [0.15, 0.2) is 0 Å². The lowest BCUT2D eigenvalue weighted by Crippen LogP contribution is -2.63. The van der Waals surface area contributed by atoms with Gasteiger partial charge in [0.05, 0.1) is 58.6 Å². The van der Waals surface area contributed by atoms with Crippen LogP contribution < -0.4 is 10.4 Å². The Morgan fingerprint density at radius 1 is 1.28 bits per heavy atom. The Balaban J connectivity index is 0.000000956. The summed E-state index contributed by atoms with van der Waals surface area (Å²) in [6.07, 6.45) is -7.03. The van der Waals surface area contributed by atoms with E-state index < -0.39 is 61.1 Å². The number of likely N-dealkylation sites (N-methyl/N-ethyl adjacent to an activating group) is 1. The van der Waals surface area contributed by atoms with Gasteiger partial charge in [0.2, 0.25) is 11.7 Å². The summed E-state index contributed by atoms with van der Waals surface area (Å²) in [6, 6.07) is 0. The summed E-state index contributed by atoms with van der Waals surface area (Å²) < 4.78 is 5.79. The number of carboxylic acids is 1. The minimum atomic E-state index is -2.80. The van der Waals surface area contributed by atoms with Crippen LogP contribution in [0.4, 0.5) is 0 Å². The minimum absolute atomic E-state index is 0.281. The molecule has 1 saturated heterocycles. The second-order valence-corrected chi connectivity index (χ2v) is 8.03. The number of carboxylic acid groups (broad SMARTS) is 1. The zero-order valence-corrected chi connectivity index (χ0v) is 17.2. The number of aliphatic carboxylic acids is 1. The van der Waals surface area contributed by atoms with Crippen molar-refractivity contribution < 1.29 is 54.6 Å². The van der Waals surface area contributed by atoms with Crippen molar-refractivity contribution in [3.05, 3.63) is 0 Å². The number of nitrogens with zero attached hydrogens (tertiary/aromatic N) is 1. The van der Waals surface area contributed by atoms with Crippen molar-refractivity contribution >= 4 is 11.9 Å². The fraction of sp³-hybridized carbons (Fsp3) is 0.882. The zero-order chi connectivity index (χ0) is 23.0. The van der Waals surface area contributed by atoms with Crippen LogP contribution in [0.3, 0.4) is 0 Å². The van der Waals surface area contributed by atoms with Crippen LogP contribution in [0.15, 0.2) is 0 Å². The zero-order valence-electron chi connectivity index (χ0n) is 17.2. The van der Waals surface area contributed by atoms with E-state index in [1.807, 2.05) is 0 Å². The van der Waals surface area contributed by atoms with Crippen LogP contribution in [0, 0.1) is 5.92 Å². The SMILES string of the molecule is CC(=O)N[C@@H](O)[C@@H]1[C@H](C[C@H](O)CO)O[C@](O)(C(=O)[O-])C[C@@H]1O.C[N+](C)(C)CCO. The molecule has 29 heavy (non-hydrogen) atoms. The van der Waals surface area contributed by atoms with Gasteiger partial charge in [0.1, 0.15) is 18.7 Å². The van der Waals surface area contributed by atoms with Gasteiger partial charge in [-0.2, -0.15) is 0 Å².